The number of aliphatic hydroxyl groups excluding tert-OH is 1. The molecule has 2 nitrogen and oxygen atoms in total. The summed E-state index contributed by atoms with van der Waals surface area (Å²) in [5.74, 6) is 0.236. The van der Waals surface area contributed by atoms with Gasteiger partial charge < -0.3 is 10.4 Å². The van der Waals surface area contributed by atoms with Gasteiger partial charge in [0, 0.05) is 12.1 Å². The van der Waals surface area contributed by atoms with Crippen molar-refractivity contribution >= 4 is 17.2 Å². The van der Waals surface area contributed by atoms with E-state index in [-0.39, 0.29) is 11.2 Å². The van der Waals surface area contributed by atoms with Crippen molar-refractivity contribution in [1.82, 2.24) is 5.32 Å². The van der Waals surface area contributed by atoms with Crippen LogP contribution < -0.4 is 5.32 Å². The maximum Gasteiger partial charge on any atom is 0.118 e. The Morgan fingerprint density at radius 2 is 1.91 bits per heavy atom. The van der Waals surface area contributed by atoms with Gasteiger partial charge in [-0.05, 0) is 56.1 Å². The molecule has 1 saturated carbocycles. The van der Waals surface area contributed by atoms with Crippen LogP contribution in [-0.4, -0.2) is 16.1 Å². The number of rotatable bonds is 4. The van der Waals surface area contributed by atoms with Crippen molar-refractivity contribution in [3.63, 3.8) is 0 Å². The van der Waals surface area contributed by atoms with Gasteiger partial charge in [-0.25, -0.2) is 0 Å². The number of nitrogens with one attached hydrogen (secondary N) is 1. The van der Waals surface area contributed by atoms with Crippen LogP contribution in [0.15, 0.2) is 35.1 Å². The minimum atomic E-state index is 0.194. The number of allylic oxidation sites excluding steroid dienone is 4. The number of hydrogen-bond donors (Lipinski definition) is 2. The first-order valence-corrected chi connectivity index (χ1v) is 9.39. The minimum absolute atomic E-state index is 0.194. The molecular weight excluding hydrogens is 302 g/mol. The van der Waals surface area contributed by atoms with E-state index in [1.54, 1.807) is 12.2 Å². The molecule has 0 atom stereocenters. The monoisotopic (exact) mass is 333 g/mol. The van der Waals surface area contributed by atoms with Crippen molar-refractivity contribution in [2.24, 2.45) is 5.41 Å². The standard InChI is InChI=1S/C20H31NOS/c1-15-8-7-13-20(2,3)18(15)12-11-17(22)14-19(23)21-16-9-5-4-6-10-16/h11-12,14,16,22H,4-10,13H2,1-3H3,(H,21,23)/b12-11+,17-14-. The summed E-state index contributed by atoms with van der Waals surface area (Å²) < 4.78 is 0. The first kappa shape index (κ1) is 18.3. The van der Waals surface area contributed by atoms with E-state index in [4.69, 9.17) is 12.2 Å². The highest BCUT2D eigenvalue weighted by Gasteiger charge is 2.26. The Bertz CT molecular complexity index is 522. The maximum atomic E-state index is 10.2. The molecule has 0 heterocycles. The van der Waals surface area contributed by atoms with Crippen LogP contribution in [0.2, 0.25) is 0 Å². The summed E-state index contributed by atoms with van der Waals surface area (Å²) in [5, 5.41) is 13.5. The number of hydrogen-bond acceptors (Lipinski definition) is 2. The lowest BCUT2D eigenvalue weighted by atomic mass is 9.72. The highest BCUT2D eigenvalue weighted by molar-refractivity contribution is 7.80. The molecule has 2 aliphatic carbocycles. The SMILES string of the molecule is CC1=C(/C=C/C(O)=C/C(=S)NC2CCCCC2)C(C)(C)CCC1. The molecule has 23 heavy (non-hydrogen) atoms. The fraction of sp³-hybridized carbons (Fsp3) is 0.650. The van der Waals surface area contributed by atoms with Crippen molar-refractivity contribution in [3.8, 4) is 0 Å². The van der Waals surface area contributed by atoms with E-state index >= 15 is 0 Å². The summed E-state index contributed by atoms with van der Waals surface area (Å²) in [5.41, 5.74) is 2.99. The maximum absolute atomic E-state index is 10.2. The van der Waals surface area contributed by atoms with Crippen LogP contribution in [0.3, 0.4) is 0 Å². The van der Waals surface area contributed by atoms with Gasteiger partial charge in [-0.15, -0.1) is 0 Å². The van der Waals surface area contributed by atoms with Gasteiger partial charge >= 0.3 is 0 Å². The molecule has 2 N–H and O–H groups in total. The minimum Gasteiger partial charge on any atom is -0.508 e. The largest absolute Gasteiger partial charge is 0.508 e. The third kappa shape index (κ3) is 5.49. The van der Waals surface area contributed by atoms with Crippen LogP contribution in [0.5, 0.6) is 0 Å². The molecule has 1 fully saturated rings. The lowest BCUT2D eigenvalue weighted by molar-refractivity contribution is 0.376. The number of aliphatic hydroxyl groups is 1. The van der Waals surface area contributed by atoms with Gasteiger partial charge in [0.25, 0.3) is 0 Å². The van der Waals surface area contributed by atoms with Crippen molar-refractivity contribution < 1.29 is 5.11 Å². The van der Waals surface area contributed by atoms with E-state index in [2.05, 4.69) is 32.2 Å². The Balaban J connectivity index is 1.96. The summed E-state index contributed by atoms with van der Waals surface area (Å²) in [6.07, 6.45) is 15.4. The summed E-state index contributed by atoms with van der Waals surface area (Å²) in [4.78, 5) is 0.646. The molecule has 0 amide bonds. The Morgan fingerprint density at radius 3 is 2.57 bits per heavy atom. The van der Waals surface area contributed by atoms with Crippen LogP contribution in [-0.2, 0) is 0 Å². The third-order valence-corrected chi connectivity index (χ3v) is 5.43. The van der Waals surface area contributed by atoms with E-state index in [0.29, 0.717) is 11.0 Å². The fourth-order valence-electron chi connectivity index (χ4n) is 3.85. The highest BCUT2D eigenvalue weighted by atomic mass is 32.1. The highest BCUT2D eigenvalue weighted by Crippen LogP contribution is 2.40. The molecule has 0 aliphatic heterocycles. The molecule has 2 rings (SSSR count). The van der Waals surface area contributed by atoms with E-state index in [9.17, 15) is 5.11 Å². The zero-order chi connectivity index (χ0) is 16.9. The van der Waals surface area contributed by atoms with E-state index in [1.165, 1.54) is 56.1 Å². The van der Waals surface area contributed by atoms with Crippen molar-refractivity contribution in [2.45, 2.75) is 78.2 Å². The smallest absolute Gasteiger partial charge is 0.118 e. The Hall–Kier alpha value is -1.09. The van der Waals surface area contributed by atoms with Crippen LogP contribution >= 0.6 is 12.2 Å². The lowest BCUT2D eigenvalue weighted by Crippen LogP contribution is -2.34. The van der Waals surface area contributed by atoms with Crippen LogP contribution in [0.4, 0.5) is 0 Å². The zero-order valence-electron chi connectivity index (χ0n) is 14.8. The van der Waals surface area contributed by atoms with E-state index < -0.39 is 0 Å². The normalized spacial score (nSPS) is 23.3. The van der Waals surface area contributed by atoms with Gasteiger partial charge in [-0.2, -0.15) is 0 Å². The van der Waals surface area contributed by atoms with Gasteiger partial charge in [-0.1, -0.05) is 57.0 Å². The second-order valence-corrected chi connectivity index (χ2v) is 8.12. The second kappa shape index (κ2) is 8.14. The molecule has 128 valence electrons. The zero-order valence-corrected chi connectivity index (χ0v) is 15.6. The average molecular weight is 334 g/mol. The molecule has 2 aliphatic rings. The van der Waals surface area contributed by atoms with Crippen LogP contribution in [0, 0.1) is 5.41 Å². The summed E-state index contributed by atoms with van der Waals surface area (Å²) in [6.45, 7) is 6.77. The molecule has 0 aromatic carbocycles. The Morgan fingerprint density at radius 1 is 1.22 bits per heavy atom. The topological polar surface area (TPSA) is 32.3 Å². The third-order valence-electron chi connectivity index (χ3n) is 5.19. The van der Waals surface area contributed by atoms with Gasteiger partial charge in [0.15, 0.2) is 0 Å². The van der Waals surface area contributed by atoms with E-state index in [0.717, 1.165) is 6.42 Å². The van der Waals surface area contributed by atoms with Crippen LogP contribution in [0.25, 0.3) is 0 Å². The first-order valence-electron chi connectivity index (χ1n) is 8.98. The Labute approximate surface area is 146 Å². The van der Waals surface area contributed by atoms with Gasteiger partial charge in [0.2, 0.25) is 0 Å². The van der Waals surface area contributed by atoms with Crippen LogP contribution in [0.1, 0.15) is 72.1 Å². The average Bonchev–Trinajstić information content (AvgIpc) is 2.46. The predicted octanol–water partition coefficient (Wildman–Crippen LogP) is 5.76. The van der Waals surface area contributed by atoms with Gasteiger partial charge in [0.1, 0.15) is 10.7 Å². The molecule has 0 spiro atoms. The van der Waals surface area contributed by atoms with Crippen molar-refractivity contribution in [1.29, 1.82) is 0 Å². The molecular formula is C20H31NOS. The number of thiocarbonyl (C=S) groups is 1. The molecule has 0 aromatic heterocycles. The second-order valence-electron chi connectivity index (χ2n) is 7.68. The summed E-state index contributed by atoms with van der Waals surface area (Å²) in [7, 11) is 0. The first-order chi connectivity index (χ1) is 10.9. The van der Waals surface area contributed by atoms with E-state index in [1.807, 2.05) is 0 Å². The molecule has 0 aromatic rings. The quantitative estimate of drug-likeness (QED) is 0.297. The van der Waals surface area contributed by atoms with Gasteiger partial charge in [-0.3, -0.25) is 0 Å². The summed E-state index contributed by atoms with van der Waals surface area (Å²) >= 11 is 5.36. The summed E-state index contributed by atoms with van der Waals surface area (Å²) in [6, 6.07) is 0.478. The van der Waals surface area contributed by atoms with Crippen molar-refractivity contribution in [2.75, 3.05) is 0 Å². The van der Waals surface area contributed by atoms with Gasteiger partial charge in [0.05, 0.1) is 0 Å². The lowest BCUT2D eigenvalue weighted by Gasteiger charge is -2.32. The molecule has 0 radical (unpaired) electrons. The molecule has 0 bridgehead atoms. The Kier molecular flexibility index (Phi) is 6.46. The molecule has 3 heteroatoms. The predicted molar refractivity (Wildman–Crippen MR) is 103 cm³/mol. The van der Waals surface area contributed by atoms with Crippen molar-refractivity contribution in [3.05, 3.63) is 35.1 Å². The fourth-order valence-corrected chi connectivity index (χ4v) is 4.14. The molecule has 0 unspecified atom stereocenters. The molecule has 0 saturated heterocycles.